The van der Waals surface area contributed by atoms with Crippen LogP contribution in [0.25, 0.3) is 17.2 Å². The third-order valence-corrected chi connectivity index (χ3v) is 4.46. The second-order valence-electron chi connectivity index (χ2n) is 6.18. The van der Waals surface area contributed by atoms with Gasteiger partial charge in [0.1, 0.15) is 30.1 Å². The van der Waals surface area contributed by atoms with Crippen molar-refractivity contribution in [2.45, 2.75) is 20.1 Å². The van der Waals surface area contributed by atoms with Gasteiger partial charge in [0.05, 0.1) is 26.1 Å². The molecule has 3 heterocycles. The number of oxazole rings is 1. The predicted molar refractivity (Wildman–Crippen MR) is 104 cm³/mol. The van der Waals surface area contributed by atoms with E-state index in [4.69, 9.17) is 13.9 Å². The van der Waals surface area contributed by atoms with E-state index in [2.05, 4.69) is 25.4 Å². The van der Waals surface area contributed by atoms with Crippen LogP contribution in [0, 0.1) is 6.92 Å². The molecule has 10 nitrogen and oxygen atoms in total. The van der Waals surface area contributed by atoms with Gasteiger partial charge in [-0.05, 0) is 19.1 Å². The lowest BCUT2D eigenvalue weighted by molar-refractivity contribution is 0.271. The Morgan fingerprint density at radius 1 is 1.21 bits per heavy atom. The number of methoxy groups -OCH3 is 2. The fourth-order valence-electron chi connectivity index (χ4n) is 2.99. The first kappa shape index (κ1) is 18.7. The number of aliphatic hydroxyl groups excluding tert-OH is 1. The smallest absolute Gasteiger partial charge is 0.246 e. The Morgan fingerprint density at radius 3 is 2.76 bits per heavy atom. The number of aromatic nitrogens is 5. The lowest BCUT2D eigenvalue weighted by Crippen LogP contribution is -2.09. The zero-order valence-corrected chi connectivity index (χ0v) is 16.2. The van der Waals surface area contributed by atoms with Crippen LogP contribution in [0.15, 0.2) is 35.1 Å². The van der Waals surface area contributed by atoms with E-state index in [1.807, 2.05) is 25.1 Å². The molecular weight excluding hydrogens is 376 g/mol. The van der Waals surface area contributed by atoms with Gasteiger partial charge in [-0.3, -0.25) is 0 Å². The summed E-state index contributed by atoms with van der Waals surface area (Å²) in [5.41, 5.74) is 2.63. The van der Waals surface area contributed by atoms with Crippen LogP contribution in [0.5, 0.6) is 11.5 Å². The molecular formula is C19H20N6O4. The van der Waals surface area contributed by atoms with Crippen molar-refractivity contribution in [2.24, 2.45) is 0 Å². The summed E-state index contributed by atoms with van der Waals surface area (Å²) in [6.07, 6.45) is 3.03. The molecule has 4 rings (SSSR count). The van der Waals surface area contributed by atoms with Crippen LogP contribution in [0.4, 0.5) is 5.82 Å². The molecule has 0 aliphatic rings. The molecule has 0 atom stereocenters. The van der Waals surface area contributed by atoms with Crippen molar-refractivity contribution in [1.29, 1.82) is 0 Å². The topological polar surface area (TPSA) is 120 Å². The van der Waals surface area contributed by atoms with Gasteiger partial charge in [0.25, 0.3) is 0 Å². The summed E-state index contributed by atoms with van der Waals surface area (Å²) < 4.78 is 17.7. The average Bonchev–Trinajstić information content (AvgIpc) is 3.43. The maximum absolute atomic E-state index is 9.46. The standard InChI is InChI=1S/C19H20N6O4/c1-11-16(19-20-6-7-29-19)23-17(18-22-15(10-26)24-25(11)18)21-9-12-4-5-13(27-2)8-14(12)28-3/h4-8,26H,9-10H2,1-3H3,(H,21,23). The fourth-order valence-corrected chi connectivity index (χ4v) is 2.99. The van der Waals surface area contributed by atoms with E-state index in [1.54, 1.807) is 24.9 Å². The molecule has 10 heteroatoms. The first-order chi connectivity index (χ1) is 14.1. The zero-order valence-electron chi connectivity index (χ0n) is 16.2. The maximum Gasteiger partial charge on any atom is 0.246 e. The van der Waals surface area contributed by atoms with E-state index in [0.717, 1.165) is 5.56 Å². The molecule has 150 valence electrons. The highest BCUT2D eigenvalue weighted by Gasteiger charge is 2.19. The number of aliphatic hydroxyl groups is 1. The van der Waals surface area contributed by atoms with Gasteiger partial charge in [-0.15, -0.1) is 5.10 Å². The molecule has 0 aliphatic carbocycles. The Kier molecular flexibility index (Phi) is 5.00. The molecule has 0 saturated carbocycles. The number of rotatable bonds is 7. The highest BCUT2D eigenvalue weighted by Crippen LogP contribution is 2.28. The van der Waals surface area contributed by atoms with Crippen LogP contribution in [0.2, 0.25) is 0 Å². The summed E-state index contributed by atoms with van der Waals surface area (Å²) in [5, 5.41) is 17.1. The van der Waals surface area contributed by atoms with Gasteiger partial charge >= 0.3 is 0 Å². The molecule has 0 unspecified atom stereocenters. The van der Waals surface area contributed by atoms with Crippen LogP contribution in [0.1, 0.15) is 17.1 Å². The van der Waals surface area contributed by atoms with E-state index in [9.17, 15) is 5.11 Å². The minimum absolute atomic E-state index is 0.277. The summed E-state index contributed by atoms with van der Waals surface area (Å²) in [4.78, 5) is 13.2. The number of hydrogen-bond donors (Lipinski definition) is 2. The highest BCUT2D eigenvalue weighted by molar-refractivity contribution is 5.68. The molecule has 3 aromatic heterocycles. The van der Waals surface area contributed by atoms with Crippen molar-refractivity contribution in [2.75, 3.05) is 19.5 Å². The first-order valence-electron chi connectivity index (χ1n) is 8.86. The Hall–Kier alpha value is -3.66. The van der Waals surface area contributed by atoms with Crippen LogP contribution < -0.4 is 14.8 Å². The van der Waals surface area contributed by atoms with Gasteiger partial charge in [0, 0.05) is 18.2 Å². The molecule has 0 spiro atoms. The van der Waals surface area contributed by atoms with Gasteiger partial charge in [0.15, 0.2) is 17.3 Å². The number of aryl methyl sites for hydroxylation is 1. The number of hydrogen-bond acceptors (Lipinski definition) is 9. The lowest BCUT2D eigenvalue weighted by atomic mass is 10.2. The van der Waals surface area contributed by atoms with E-state index < -0.39 is 0 Å². The lowest BCUT2D eigenvalue weighted by Gasteiger charge is -2.13. The van der Waals surface area contributed by atoms with E-state index in [0.29, 0.717) is 52.6 Å². The minimum atomic E-state index is -0.277. The summed E-state index contributed by atoms with van der Waals surface area (Å²) in [6, 6.07) is 5.58. The summed E-state index contributed by atoms with van der Waals surface area (Å²) in [5.74, 6) is 2.54. The number of ether oxygens (including phenoxy) is 2. The third-order valence-electron chi connectivity index (χ3n) is 4.46. The molecule has 0 radical (unpaired) electrons. The average molecular weight is 396 g/mol. The van der Waals surface area contributed by atoms with Crippen molar-refractivity contribution in [3.8, 4) is 23.1 Å². The monoisotopic (exact) mass is 396 g/mol. The van der Waals surface area contributed by atoms with E-state index in [1.165, 1.54) is 6.26 Å². The van der Waals surface area contributed by atoms with Crippen LogP contribution >= 0.6 is 0 Å². The van der Waals surface area contributed by atoms with Crippen molar-refractivity contribution in [3.05, 3.63) is 47.7 Å². The van der Waals surface area contributed by atoms with Crippen LogP contribution in [0.3, 0.4) is 0 Å². The quantitative estimate of drug-likeness (QED) is 0.484. The summed E-state index contributed by atoms with van der Waals surface area (Å²) >= 11 is 0. The first-order valence-corrected chi connectivity index (χ1v) is 8.86. The van der Waals surface area contributed by atoms with Gasteiger partial charge in [-0.2, -0.15) is 0 Å². The van der Waals surface area contributed by atoms with E-state index >= 15 is 0 Å². The normalized spacial score (nSPS) is 11.0. The number of benzene rings is 1. The molecule has 0 amide bonds. The maximum atomic E-state index is 9.46. The molecule has 0 bridgehead atoms. The van der Waals surface area contributed by atoms with Gasteiger partial charge in [0.2, 0.25) is 5.89 Å². The summed E-state index contributed by atoms with van der Waals surface area (Å²) in [6.45, 7) is 1.98. The van der Waals surface area contributed by atoms with Gasteiger partial charge < -0.3 is 24.3 Å². The highest BCUT2D eigenvalue weighted by atomic mass is 16.5. The molecule has 29 heavy (non-hydrogen) atoms. The number of anilines is 1. The third kappa shape index (κ3) is 3.45. The Labute approximate surface area is 166 Å². The number of nitrogens with zero attached hydrogens (tertiary/aromatic N) is 5. The minimum Gasteiger partial charge on any atom is -0.497 e. The predicted octanol–water partition coefficient (Wildman–Crippen LogP) is 2.21. The van der Waals surface area contributed by atoms with Crippen LogP contribution in [-0.2, 0) is 13.2 Å². The van der Waals surface area contributed by atoms with E-state index in [-0.39, 0.29) is 6.61 Å². The van der Waals surface area contributed by atoms with Crippen molar-refractivity contribution >= 4 is 11.5 Å². The fraction of sp³-hybridized carbons (Fsp3) is 0.263. The largest absolute Gasteiger partial charge is 0.497 e. The summed E-state index contributed by atoms with van der Waals surface area (Å²) in [7, 11) is 3.21. The molecule has 4 aromatic rings. The Morgan fingerprint density at radius 2 is 2.07 bits per heavy atom. The second kappa shape index (κ2) is 7.76. The Bertz CT molecular complexity index is 1140. The molecule has 1 aromatic carbocycles. The second-order valence-corrected chi connectivity index (χ2v) is 6.18. The molecule has 0 fully saturated rings. The van der Waals surface area contributed by atoms with Crippen molar-refractivity contribution < 1.29 is 19.0 Å². The number of fused-ring (bicyclic) bond motifs is 1. The van der Waals surface area contributed by atoms with Crippen molar-refractivity contribution in [3.63, 3.8) is 0 Å². The zero-order chi connectivity index (χ0) is 20.4. The molecule has 0 aliphatic heterocycles. The Balaban J connectivity index is 1.75. The molecule has 0 saturated heterocycles. The van der Waals surface area contributed by atoms with Crippen LogP contribution in [-0.4, -0.2) is 43.9 Å². The molecule has 2 N–H and O–H groups in total. The SMILES string of the molecule is COc1ccc(CNc2nc(-c3ncco3)c(C)n3nc(CO)nc23)c(OC)c1. The van der Waals surface area contributed by atoms with Gasteiger partial charge in [-0.25, -0.2) is 19.5 Å². The van der Waals surface area contributed by atoms with Crippen molar-refractivity contribution in [1.82, 2.24) is 24.6 Å². The number of nitrogens with one attached hydrogen (secondary N) is 1. The van der Waals surface area contributed by atoms with Gasteiger partial charge in [-0.1, -0.05) is 0 Å².